The molecule has 0 fully saturated rings. The van der Waals surface area contributed by atoms with Crippen molar-refractivity contribution in [1.29, 1.82) is 0 Å². The Morgan fingerprint density at radius 2 is 2.14 bits per heavy atom. The number of ether oxygens (including phenoxy) is 1. The van der Waals surface area contributed by atoms with Crippen LogP contribution in [0.1, 0.15) is 23.6 Å². The molecule has 1 aromatic carbocycles. The van der Waals surface area contributed by atoms with Crippen molar-refractivity contribution < 1.29 is 4.74 Å². The molecule has 1 unspecified atom stereocenters. The third-order valence-corrected chi connectivity index (χ3v) is 4.10. The van der Waals surface area contributed by atoms with Gasteiger partial charge < -0.3 is 9.64 Å². The minimum absolute atomic E-state index is 0.190. The third kappa shape index (κ3) is 3.11. The summed E-state index contributed by atoms with van der Waals surface area (Å²) in [6.45, 7) is 1.89. The van der Waals surface area contributed by atoms with Gasteiger partial charge in [-0.3, -0.25) is 9.98 Å². The fourth-order valence-corrected chi connectivity index (χ4v) is 2.82. The molecule has 0 saturated carbocycles. The van der Waals surface area contributed by atoms with E-state index in [0.717, 1.165) is 36.8 Å². The van der Waals surface area contributed by atoms with Gasteiger partial charge in [0.15, 0.2) is 0 Å². The summed E-state index contributed by atoms with van der Waals surface area (Å²) in [4.78, 5) is 11.4. The highest BCUT2D eigenvalue weighted by molar-refractivity contribution is 5.84. The first-order valence-electron chi connectivity index (χ1n) is 7.57. The van der Waals surface area contributed by atoms with Crippen LogP contribution in [0.15, 0.2) is 53.7 Å². The highest BCUT2D eigenvalue weighted by Gasteiger charge is 2.22. The quantitative estimate of drug-likeness (QED) is 0.851. The van der Waals surface area contributed by atoms with Crippen LogP contribution in [0.2, 0.25) is 0 Å². The molecule has 0 aliphatic carbocycles. The molecule has 0 N–H and O–H groups in total. The molecule has 0 saturated heterocycles. The molecule has 1 atom stereocenters. The molecule has 3 rings (SSSR count). The molecule has 114 valence electrons. The van der Waals surface area contributed by atoms with Crippen LogP contribution in [0.5, 0.6) is 5.75 Å². The summed E-state index contributed by atoms with van der Waals surface area (Å²) >= 11 is 0. The van der Waals surface area contributed by atoms with E-state index in [1.54, 1.807) is 7.11 Å². The lowest BCUT2D eigenvalue weighted by Crippen LogP contribution is -2.25. The maximum absolute atomic E-state index is 5.37. The summed E-state index contributed by atoms with van der Waals surface area (Å²) < 4.78 is 5.37. The van der Waals surface area contributed by atoms with Crippen molar-refractivity contribution in [2.24, 2.45) is 4.99 Å². The molecule has 22 heavy (non-hydrogen) atoms. The first-order valence-corrected chi connectivity index (χ1v) is 7.57. The van der Waals surface area contributed by atoms with Gasteiger partial charge in [0, 0.05) is 37.8 Å². The molecule has 0 radical (unpaired) electrons. The lowest BCUT2D eigenvalue weighted by Gasteiger charge is -2.21. The zero-order chi connectivity index (χ0) is 15.4. The minimum Gasteiger partial charge on any atom is -0.497 e. The highest BCUT2D eigenvalue weighted by Crippen LogP contribution is 2.30. The number of methoxy groups -OCH3 is 1. The largest absolute Gasteiger partial charge is 0.497 e. The third-order valence-electron chi connectivity index (χ3n) is 4.10. The second-order valence-corrected chi connectivity index (χ2v) is 5.51. The number of likely N-dealkylation sites (N-methyl/N-ethyl adjacent to an activating group) is 1. The average Bonchev–Trinajstić information content (AvgIpc) is 2.98. The standard InChI is InChI=1S/C18H21N3O/c1-21-11-10-20-18(21)13-16(17-8-3-4-9-19-17)14-6-5-7-15(12-14)22-2/h3-9,12,16H,10-11,13H2,1-2H3. The van der Waals surface area contributed by atoms with E-state index in [9.17, 15) is 0 Å². The number of hydrogen-bond donors (Lipinski definition) is 0. The minimum atomic E-state index is 0.190. The van der Waals surface area contributed by atoms with E-state index in [1.165, 1.54) is 5.56 Å². The van der Waals surface area contributed by atoms with Gasteiger partial charge in [0.25, 0.3) is 0 Å². The second-order valence-electron chi connectivity index (χ2n) is 5.51. The molecular formula is C18H21N3O. The number of benzene rings is 1. The van der Waals surface area contributed by atoms with E-state index in [0.29, 0.717) is 0 Å². The molecule has 1 aliphatic rings. The molecule has 4 nitrogen and oxygen atoms in total. The first-order chi connectivity index (χ1) is 10.8. The number of amidine groups is 1. The predicted octanol–water partition coefficient (Wildman–Crippen LogP) is 2.96. The molecule has 1 aromatic heterocycles. The van der Waals surface area contributed by atoms with Crippen molar-refractivity contribution in [2.75, 3.05) is 27.2 Å². The number of aliphatic imine (C=N–C) groups is 1. The van der Waals surface area contributed by atoms with Crippen LogP contribution >= 0.6 is 0 Å². The van der Waals surface area contributed by atoms with Crippen molar-refractivity contribution in [3.63, 3.8) is 0 Å². The Morgan fingerprint density at radius 1 is 1.23 bits per heavy atom. The number of pyridine rings is 1. The Labute approximate surface area is 131 Å². The summed E-state index contributed by atoms with van der Waals surface area (Å²) in [6.07, 6.45) is 2.71. The van der Waals surface area contributed by atoms with Gasteiger partial charge in [-0.25, -0.2) is 0 Å². The fourth-order valence-electron chi connectivity index (χ4n) is 2.82. The van der Waals surface area contributed by atoms with E-state index in [4.69, 9.17) is 4.74 Å². The summed E-state index contributed by atoms with van der Waals surface area (Å²) in [5.74, 6) is 2.22. The Bertz CT molecular complexity index is 654. The Morgan fingerprint density at radius 3 is 2.82 bits per heavy atom. The Balaban J connectivity index is 1.95. The van der Waals surface area contributed by atoms with Crippen LogP contribution < -0.4 is 4.74 Å². The zero-order valence-corrected chi connectivity index (χ0v) is 13.1. The lowest BCUT2D eigenvalue weighted by molar-refractivity contribution is 0.414. The van der Waals surface area contributed by atoms with Crippen LogP contribution in [0.25, 0.3) is 0 Å². The van der Waals surface area contributed by atoms with E-state index >= 15 is 0 Å². The van der Waals surface area contributed by atoms with Crippen molar-refractivity contribution in [3.8, 4) is 5.75 Å². The van der Waals surface area contributed by atoms with Gasteiger partial charge >= 0.3 is 0 Å². The number of hydrogen-bond acceptors (Lipinski definition) is 4. The summed E-state index contributed by atoms with van der Waals surface area (Å²) in [7, 11) is 3.80. The molecule has 0 bridgehead atoms. The Kier molecular flexibility index (Phi) is 4.37. The molecule has 0 amide bonds. The monoisotopic (exact) mass is 295 g/mol. The van der Waals surface area contributed by atoms with E-state index in [-0.39, 0.29) is 5.92 Å². The van der Waals surface area contributed by atoms with Gasteiger partial charge in [-0.15, -0.1) is 0 Å². The van der Waals surface area contributed by atoms with Gasteiger partial charge in [-0.2, -0.15) is 0 Å². The average molecular weight is 295 g/mol. The van der Waals surface area contributed by atoms with Crippen LogP contribution in [-0.4, -0.2) is 43.0 Å². The van der Waals surface area contributed by atoms with Gasteiger partial charge in [0.05, 0.1) is 19.5 Å². The predicted molar refractivity (Wildman–Crippen MR) is 88.6 cm³/mol. The Hall–Kier alpha value is -2.36. The number of nitrogens with zero attached hydrogens (tertiary/aromatic N) is 3. The van der Waals surface area contributed by atoms with Gasteiger partial charge in [0.2, 0.25) is 0 Å². The summed E-state index contributed by atoms with van der Waals surface area (Å²) in [6, 6.07) is 14.3. The molecule has 2 aromatic rings. The van der Waals surface area contributed by atoms with Crippen LogP contribution in [0.4, 0.5) is 0 Å². The summed E-state index contributed by atoms with van der Waals surface area (Å²) in [5.41, 5.74) is 2.28. The molecule has 2 heterocycles. The van der Waals surface area contributed by atoms with Crippen molar-refractivity contribution in [2.45, 2.75) is 12.3 Å². The van der Waals surface area contributed by atoms with Gasteiger partial charge in [-0.05, 0) is 29.8 Å². The fraction of sp³-hybridized carbons (Fsp3) is 0.333. The lowest BCUT2D eigenvalue weighted by atomic mass is 9.91. The second kappa shape index (κ2) is 6.60. The van der Waals surface area contributed by atoms with Crippen molar-refractivity contribution in [3.05, 3.63) is 59.9 Å². The van der Waals surface area contributed by atoms with E-state index in [2.05, 4.69) is 40.1 Å². The van der Waals surface area contributed by atoms with Crippen molar-refractivity contribution >= 4 is 5.84 Å². The molecule has 4 heteroatoms. The maximum Gasteiger partial charge on any atom is 0.119 e. The highest BCUT2D eigenvalue weighted by atomic mass is 16.5. The maximum atomic E-state index is 5.37. The normalized spacial score (nSPS) is 15.5. The smallest absolute Gasteiger partial charge is 0.119 e. The first kappa shape index (κ1) is 14.6. The number of aromatic nitrogens is 1. The van der Waals surface area contributed by atoms with Gasteiger partial charge in [0.1, 0.15) is 5.75 Å². The van der Waals surface area contributed by atoms with E-state index in [1.807, 2.05) is 30.5 Å². The van der Waals surface area contributed by atoms with Crippen molar-refractivity contribution in [1.82, 2.24) is 9.88 Å². The summed E-state index contributed by atoms with van der Waals surface area (Å²) in [5, 5.41) is 0. The van der Waals surface area contributed by atoms with Crippen LogP contribution in [-0.2, 0) is 0 Å². The molecular weight excluding hydrogens is 274 g/mol. The SMILES string of the molecule is COc1cccc(C(CC2=NCCN2C)c2ccccn2)c1. The van der Waals surface area contributed by atoms with Crippen LogP contribution in [0.3, 0.4) is 0 Å². The number of rotatable bonds is 5. The zero-order valence-electron chi connectivity index (χ0n) is 13.1. The van der Waals surface area contributed by atoms with Crippen LogP contribution in [0, 0.1) is 0 Å². The van der Waals surface area contributed by atoms with Gasteiger partial charge in [-0.1, -0.05) is 18.2 Å². The topological polar surface area (TPSA) is 37.7 Å². The van der Waals surface area contributed by atoms with E-state index < -0.39 is 0 Å². The molecule has 0 spiro atoms. The molecule has 1 aliphatic heterocycles.